The van der Waals surface area contributed by atoms with E-state index in [0.717, 1.165) is 44.9 Å². The normalized spacial score (nSPS) is 29.2. The fourth-order valence-corrected chi connectivity index (χ4v) is 6.00. The number of nitriles is 1. The second-order valence-corrected chi connectivity index (χ2v) is 10.2. The minimum absolute atomic E-state index is 0.0706. The highest BCUT2D eigenvalue weighted by atomic mass is 16.2. The van der Waals surface area contributed by atoms with Gasteiger partial charge in [-0.3, -0.25) is 9.69 Å². The number of nitrogens with one attached hydrogen (secondary N) is 1. The summed E-state index contributed by atoms with van der Waals surface area (Å²) in [7, 11) is 5.88. The molecule has 7 nitrogen and oxygen atoms in total. The van der Waals surface area contributed by atoms with Gasteiger partial charge in [0, 0.05) is 25.7 Å². The van der Waals surface area contributed by atoms with Crippen LogP contribution in [0.25, 0.3) is 0 Å². The molecule has 32 heavy (non-hydrogen) atoms. The molecule has 1 spiro atoms. The Morgan fingerprint density at radius 1 is 1.12 bits per heavy atom. The van der Waals surface area contributed by atoms with E-state index in [1.165, 1.54) is 5.56 Å². The highest BCUT2D eigenvalue weighted by Gasteiger charge is 2.56. The maximum absolute atomic E-state index is 13.5. The van der Waals surface area contributed by atoms with Crippen molar-refractivity contribution >= 4 is 11.9 Å². The first-order valence-corrected chi connectivity index (χ1v) is 11.7. The van der Waals surface area contributed by atoms with Gasteiger partial charge in [0.1, 0.15) is 6.54 Å². The maximum atomic E-state index is 13.5. The predicted molar refractivity (Wildman–Crippen MR) is 123 cm³/mol. The van der Waals surface area contributed by atoms with Crippen LogP contribution in [0.15, 0.2) is 30.3 Å². The topological polar surface area (TPSA) is 79.7 Å². The number of hydrogen-bond donors (Lipinski definition) is 1. The Hall–Kier alpha value is -2.59. The van der Waals surface area contributed by atoms with Gasteiger partial charge in [-0.2, -0.15) is 5.26 Å². The van der Waals surface area contributed by atoms with Crippen LogP contribution < -0.4 is 5.32 Å². The molecule has 0 atom stereocenters. The molecule has 1 N–H and O–H groups in total. The minimum atomic E-state index is -0.429. The smallest absolute Gasteiger partial charge is 0.321 e. The third-order valence-electron chi connectivity index (χ3n) is 8.36. The number of carbonyl (C=O) groups is 2. The Balaban J connectivity index is 1.62. The fraction of sp³-hybridized carbons (Fsp3) is 0.640. The van der Waals surface area contributed by atoms with E-state index in [4.69, 9.17) is 0 Å². The average molecular weight is 438 g/mol. The molecule has 3 aliphatic rings. The Kier molecular flexibility index (Phi) is 5.93. The molecule has 3 amide bonds. The van der Waals surface area contributed by atoms with Gasteiger partial charge < -0.3 is 15.1 Å². The van der Waals surface area contributed by atoms with Crippen molar-refractivity contribution < 1.29 is 9.59 Å². The molecule has 2 aliphatic carbocycles. The SMILES string of the molecule is CNC(=O)CN1C[C@]2(CC[C@@](c3ccccc3)(N(C)C)CC2)N(CC2(C#N)CCC2)C1=O. The van der Waals surface area contributed by atoms with Crippen molar-refractivity contribution in [1.29, 1.82) is 5.26 Å². The lowest BCUT2D eigenvalue weighted by atomic mass is 9.66. The first-order chi connectivity index (χ1) is 15.3. The van der Waals surface area contributed by atoms with Crippen LogP contribution >= 0.6 is 0 Å². The van der Waals surface area contributed by atoms with Gasteiger partial charge in [-0.25, -0.2) is 4.79 Å². The van der Waals surface area contributed by atoms with E-state index in [1.807, 2.05) is 11.0 Å². The zero-order chi connectivity index (χ0) is 23.0. The van der Waals surface area contributed by atoms with Crippen LogP contribution in [0.3, 0.4) is 0 Å². The summed E-state index contributed by atoms with van der Waals surface area (Å²) >= 11 is 0. The summed E-state index contributed by atoms with van der Waals surface area (Å²) in [6.07, 6.45) is 6.33. The highest BCUT2D eigenvalue weighted by molar-refractivity contribution is 5.85. The molecule has 0 radical (unpaired) electrons. The van der Waals surface area contributed by atoms with E-state index in [0.29, 0.717) is 13.1 Å². The van der Waals surface area contributed by atoms with Crippen LogP contribution in [0, 0.1) is 16.7 Å². The predicted octanol–water partition coefficient (Wildman–Crippen LogP) is 2.93. The molecular weight excluding hydrogens is 402 g/mol. The lowest BCUT2D eigenvalue weighted by molar-refractivity contribution is -0.121. The third kappa shape index (κ3) is 3.65. The largest absolute Gasteiger partial charge is 0.358 e. The van der Waals surface area contributed by atoms with Gasteiger partial charge >= 0.3 is 6.03 Å². The number of urea groups is 1. The summed E-state index contributed by atoms with van der Waals surface area (Å²) < 4.78 is 0. The first-order valence-electron chi connectivity index (χ1n) is 11.7. The van der Waals surface area contributed by atoms with Gasteiger partial charge in [0.25, 0.3) is 0 Å². The summed E-state index contributed by atoms with van der Waals surface area (Å²) in [5, 5.41) is 12.5. The Bertz CT molecular complexity index is 895. The quantitative estimate of drug-likeness (QED) is 0.742. The first kappa shape index (κ1) is 22.6. The zero-order valence-electron chi connectivity index (χ0n) is 19.6. The van der Waals surface area contributed by atoms with E-state index in [-0.39, 0.29) is 29.6 Å². The van der Waals surface area contributed by atoms with Crippen molar-refractivity contribution in [3.8, 4) is 6.07 Å². The molecule has 1 aromatic rings. The minimum Gasteiger partial charge on any atom is -0.358 e. The molecule has 0 aromatic heterocycles. The molecule has 2 saturated carbocycles. The molecule has 1 aromatic carbocycles. The molecule has 1 saturated heterocycles. The van der Waals surface area contributed by atoms with Crippen molar-refractivity contribution in [3.05, 3.63) is 35.9 Å². The lowest BCUT2D eigenvalue weighted by Crippen LogP contribution is -2.57. The van der Waals surface area contributed by atoms with Crippen molar-refractivity contribution in [3.63, 3.8) is 0 Å². The summed E-state index contributed by atoms with van der Waals surface area (Å²) in [5.41, 5.74) is 0.490. The van der Waals surface area contributed by atoms with Crippen molar-refractivity contribution in [2.45, 2.75) is 56.0 Å². The van der Waals surface area contributed by atoms with Gasteiger partial charge in [-0.05, 0) is 58.2 Å². The molecular formula is C25H35N5O2. The van der Waals surface area contributed by atoms with Gasteiger partial charge in [-0.1, -0.05) is 36.8 Å². The number of likely N-dealkylation sites (N-methyl/N-ethyl adjacent to an activating group) is 1. The van der Waals surface area contributed by atoms with Gasteiger partial charge in [0.05, 0.1) is 17.0 Å². The molecule has 4 rings (SSSR count). The zero-order valence-corrected chi connectivity index (χ0v) is 19.6. The third-order valence-corrected chi connectivity index (χ3v) is 8.36. The maximum Gasteiger partial charge on any atom is 0.321 e. The number of benzene rings is 1. The van der Waals surface area contributed by atoms with Gasteiger partial charge in [-0.15, -0.1) is 0 Å². The van der Waals surface area contributed by atoms with Crippen LogP contribution in [0.1, 0.15) is 50.5 Å². The van der Waals surface area contributed by atoms with Crippen LogP contribution in [0.5, 0.6) is 0 Å². The summed E-state index contributed by atoms with van der Waals surface area (Å²) in [6.45, 7) is 1.11. The van der Waals surface area contributed by atoms with Crippen LogP contribution in [0.2, 0.25) is 0 Å². The second-order valence-electron chi connectivity index (χ2n) is 10.2. The van der Waals surface area contributed by atoms with Gasteiger partial charge in [0.2, 0.25) is 5.91 Å². The second kappa shape index (κ2) is 8.40. The molecule has 1 heterocycles. The van der Waals surface area contributed by atoms with Crippen molar-refractivity contribution in [2.75, 3.05) is 40.8 Å². The van der Waals surface area contributed by atoms with Crippen molar-refractivity contribution in [1.82, 2.24) is 20.0 Å². The average Bonchev–Trinajstić information content (AvgIpc) is 3.02. The fourth-order valence-electron chi connectivity index (χ4n) is 6.00. The summed E-state index contributed by atoms with van der Waals surface area (Å²) in [5.74, 6) is -0.156. The van der Waals surface area contributed by atoms with E-state index in [9.17, 15) is 14.9 Å². The number of rotatable bonds is 6. The Morgan fingerprint density at radius 2 is 1.78 bits per heavy atom. The van der Waals surface area contributed by atoms with Crippen molar-refractivity contribution in [2.24, 2.45) is 5.41 Å². The summed E-state index contributed by atoms with van der Waals surface area (Å²) in [4.78, 5) is 31.6. The molecule has 172 valence electrons. The monoisotopic (exact) mass is 437 g/mol. The lowest BCUT2D eigenvalue weighted by Gasteiger charge is -2.52. The molecule has 0 unspecified atom stereocenters. The summed E-state index contributed by atoms with van der Waals surface area (Å²) in [6, 6.07) is 13.1. The number of amides is 3. The molecule has 1 aliphatic heterocycles. The van der Waals surface area contributed by atoms with Crippen LogP contribution in [0.4, 0.5) is 4.79 Å². The van der Waals surface area contributed by atoms with Crippen LogP contribution in [-0.2, 0) is 10.3 Å². The number of hydrogen-bond acceptors (Lipinski definition) is 4. The number of nitrogens with zero attached hydrogens (tertiary/aromatic N) is 4. The van der Waals surface area contributed by atoms with E-state index in [2.05, 4.69) is 54.6 Å². The Labute approximate surface area is 191 Å². The molecule has 7 heteroatoms. The Morgan fingerprint density at radius 3 is 2.28 bits per heavy atom. The molecule has 0 bridgehead atoms. The number of carbonyl (C=O) groups excluding carboxylic acids is 2. The molecule has 3 fully saturated rings. The van der Waals surface area contributed by atoms with E-state index in [1.54, 1.807) is 11.9 Å². The van der Waals surface area contributed by atoms with Crippen LogP contribution in [-0.4, -0.2) is 73.0 Å². The van der Waals surface area contributed by atoms with E-state index < -0.39 is 5.41 Å². The highest BCUT2D eigenvalue weighted by Crippen LogP contribution is 2.51. The van der Waals surface area contributed by atoms with Gasteiger partial charge in [0.15, 0.2) is 0 Å². The van der Waals surface area contributed by atoms with E-state index >= 15 is 0 Å². The standard InChI is InChI=1S/C25H35N5O2/c1-27-21(31)16-29-19-24(30(22(29)32)18-23(17-26)10-7-11-23)12-14-25(15-13-24,28(2)3)20-8-5-4-6-9-20/h4-6,8-9H,7,10-16,18-19H2,1-3H3,(H,27,31)/t24-,25-.